The molecule has 5 nitrogen and oxygen atoms in total. The van der Waals surface area contributed by atoms with E-state index >= 15 is 0 Å². The van der Waals surface area contributed by atoms with Crippen LogP contribution in [-0.4, -0.2) is 29.4 Å². The molecular formula is C7H6ClF2N3O2. The number of hydrogen-bond donors (Lipinski definition) is 1. The lowest BCUT2D eigenvalue weighted by molar-refractivity contribution is -0.126. The first kappa shape index (κ1) is 11.6. The van der Waals surface area contributed by atoms with Gasteiger partial charge in [-0.15, -0.1) is 0 Å². The molecule has 82 valence electrons. The molecule has 0 saturated heterocycles. The number of halogens is 3. The molecule has 0 aliphatic carbocycles. The van der Waals surface area contributed by atoms with Crippen molar-refractivity contribution in [2.75, 3.05) is 12.4 Å². The van der Waals surface area contributed by atoms with Crippen molar-refractivity contribution in [2.24, 2.45) is 0 Å². The van der Waals surface area contributed by atoms with Gasteiger partial charge in [-0.1, -0.05) is 11.6 Å². The molecule has 8 heteroatoms. The maximum Gasteiger partial charge on any atom is 0.315 e. The molecule has 0 unspecified atom stereocenters. The summed E-state index contributed by atoms with van der Waals surface area (Å²) in [5, 5.41) is 1.76. The van der Waals surface area contributed by atoms with Gasteiger partial charge < -0.3 is 4.74 Å². The number of carbonyl (C=O) groups excluding carboxylic acids is 1. The molecule has 1 rings (SSSR count). The zero-order chi connectivity index (χ0) is 11.4. The van der Waals surface area contributed by atoms with E-state index in [1.54, 1.807) is 5.32 Å². The Bertz CT molecular complexity index is 375. The molecule has 0 aliphatic heterocycles. The molecule has 15 heavy (non-hydrogen) atoms. The van der Waals surface area contributed by atoms with E-state index < -0.39 is 12.3 Å². The highest BCUT2D eigenvalue weighted by atomic mass is 35.5. The lowest BCUT2D eigenvalue weighted by atomic mass is 10.6. The SMILES string of the molecule is COc1cc(Cl)nc(NC(=O)C(F)F)n1. The van der Waals surface area contributed by atoms with Crippen LogP contribution in [0.3, 0.4) is 0 Å². The maximum atomic E-state index is 11.9. The van der Waals surface area contributed by atoms with E-state index in [1.165, 1.54) is 13.2 Å². The zero-order valence-corrected chi connectivity index (χ0v) is 8.26. The van der Waals surface area contributed by atoms with Gasteiger partial charge in [-0.25, -0.2) is 4.98 Å². The average molecular weight is 238 g/mol. The highest BCUT2D eigenvalue weighted by Gasteiger charge is 2.17. The highest BCUT2D eigenvalue weighted by molar-refractivity contribution is 6.29. The first-order valence-electron chi connectivity index (χ1n) is 3.70. The van der Waals surface area contributed by atoms with E-state index in [-0.39, 0.29) is 17.0 Å². The van der Waals surface area contributed by atoms with Crippen molar-refractivity contribution in [2.45, 2.75) is 6.43 Å². The summed E-state index contributed by atoms with van der Waals surface area (Å²) in [5.74, 6) is -1.76. The largest absolute Gasteiger partial charge is 0.481 e. The number of hydrogen-bond acceptors (Lipinski definition) is 4. The van der Waals surface area contributed by atoms with Crippen LogP contribution >= 0.6 is 11.6 Å². The van der Waals surface area contributed by atoms with Gasteiger partial charge in [-0.3, -0.25) is 10.1 Å². The van der Waals surface area contributed by atoms with Gasteiger partial charge in [0.1, 0.15) is 5.15 Å². The fourth-order valence-electron chi connectivity index (χ4n) is 0.722. The van der Waals surface area contributed by atoms with Gasteiger partial charge in [0.15, 0.2) is 0 Å². The summed E-state index contributed by atoms with van der Waals surface area (Å²) < 4.78 is 28.4. The van der Waals surface area contributed by atoms with Gasteiger partial charge in [0, 0.05) is 6.07 Å². The highest BCUT2D eigenvalue weighted by Crippen LogP contribution is 2.15. The molecule has 1 aromatic heterocycles. The van der Waals surface area contributed by atoms with Crippen LogP contribution in [0.2, 0.25) is 5.15 Å². The van der Waals surface area contributed by atoms with Crippen molar-refractivity contribution in [3.8, 4) is 5.88 Å². The summed E-state index contributed by atoms with van der Waals surface area (Å²) >= 11 is 5.52. The van der Waals surface area contributed by atoms with Crippen LogP contribution in [0, 0.1) is 0 Å². The summed E-state index contributed by atoms with van der Waals surface area (Å²) in [6.45, 7) is 0. The minimum Gasteiger partial charge on any atom is -0.481 e. The van der Waals surface area contributed by atoms with Crippen LogP contribution < -0.4 is 10.1 Å². The Hall–Kier alpha value is -1.50. The Morgan fingerprint density at radius 2 is 2.27 bits per heavy atom. The number of methoxy groups -OCH3 is 1. The number of aromatic nitrogens is 2. The second-order valence-electron chi connectivity index (χ2n) is 2.35. The third kappa shape index (κ3) is 3.28. The molecule has 1 heterocycles. The normalized spacial score (nSPS) is 10.2. The minimum absolute atomic E-state index is 0.0218. The topological polar surface area (TPSA) is 64.1 Å². The van der Waals surface area contributed by atoms with Crippen molar-refractivity contribution in [3.63, 3.8) is 0 Å². The number of ether oxygens (including phenoxy) is 1. The number of amides is 1. The van der Waals surface area contributed by atoms with Gasteiger partial charge in [0.05, 0.1) is 7.11 Å². The van der Waals surface area contributed by atoms with E-state index in [0.717, 1.165) is 0 Å². The van der Waals surface area contributed by atoms with Crippen LogP contribution in [0.1, 0.15) is 0 Å². The molecule has 0 aliphatic rings. The summed E-state index contributed by atoms with van der Waals surface area (Å²) in [4.78, 5) is 17.7. The monoisotopic (exact) mass is 237 g/mol. The predicted molar refractivity (Wildman–Crippen MR) is 48.2 cm³/mol. The van der Waals surface area contributed by atoms with Crippen LogP contribution in [0.5, 0.6) is 5.88 Å². The fourth-order valence-corrected chi connectivity index (χ4v) is 0.896. The van der Waals surface area contributed by atoms with Crippen LogP contribution in [0.15, 0.2) is 6.07 Å². The van der Waals surface area contributed by atoms with E-state index in [1.807, 2.05) is 0 Å². The molecule has 0 fully saturated rings. The molecule has 0 aromatic carbocycles. The molecule has 0 bridgehead atoms. The number of anilines is 1. The first-order valence-corrected chi connectivity index (χ1v) is 4.08. The second kappa shape index (κ2) is 4.83. The Morgan fingerprint density at radius 3 is 2.80 bits per heavy atom. The summed E-state index contributed by atoms with van der Waals surface area (Å²) in [6, 6.07) is 1.28. The molecule has 1 aromatic rings. The van der Waals surface area contributed by atoms with Crippen molar-refractivity contribution >= 4 is 23.5 Å². The zero-order valence-electron chi connectivity index (χ0n) is 7.50. The lowest BCUT2D eigenvalue weighted by Gasteiger charge is -2.04. The summed E-state index contributed by atoms with van der Waals surface area (Å²) in [6.07, 6.45) is -3.14. The van der Waals surface area contributed by atoms with Gasteiger partial charge >= 0.3 is 6.43 Å². The Morgan fingerprint density at radius 1 is 1.60 bits per heavy atom. The molecule has 1 amide bonds. The van der Waals surface area contributed by atoms with E-state index in [2.05, 4.69) is 9.97 Å². The van der Waals surface area contributed by atoms with Crippen LogP contribution in [0.4, 0.5) is 14.7 Å². The molecule has 1 N–H and O–H groups in total. The maximum absolute atomic E-state index is 11.9. The molecule has 0 radical (unpaired) electrons. The Balaban J connectivity index is 2.85. The lowest BCUT2D eigenvalue weighted by Crippen LogP contribution is -2.21. The predicted octanol–water partition coefficient (Wildman–Crippen LogP) is 1.34. The standard InChI is InChI=1S/C7H6ClF2N3O2/c1-15-4-2-3(8)11-7(12-4)13-6(14)5(9)10/h2,5H,1H3,(H,11,12,13,14). The molecule has 0 atom stereocenters. The van der Waals surface area contributed by atoms with E-state index in [9.17, 15) is 13.6 Å². The third-order valence-electron chi connectivity index (χ3n) is 1.31. The van der Waals surface area contributed by atoms with Crippen molar-refractivity contribution in [1.82, 2.24) is 9.97 Å². The molecule has 0 saturated carbocycles. The van der Waals surface area contributed by atoms with Gasteiger partial charge in [-0.2, -0.15) is 13.8 Å². The van der Waals surface area contributed by atoms with Crippen LogP contribution in [-0.2, 0) is 4.79 Å². The second-order valence-corrected chi connectivity index (χ2v) is 2.73. The minimum atomic E-state index is -3.14. The smallest absolute Gasteiger partial charge is 0.315 e. The quantitative estimate of drug-likeness (QED) is 0.806. The van der Waals surface area contributed by atoms with Crippen LogP contribution in [0.25, 0.3) is 0 Å². The number of alkyl halides is 2. The summed E-state index contributed by atoms with van der Waals surface area (Å²) in [5.41, 5.74) is 0. The van der Waals surface area contributed by atoms with Crippen molar-refractivity contribution < 1.29 is 18.3 Å². The van der Waals surface area contributed by atoms with E-state index in [0.29, 0.717) is 0 Å². The number of carbonyl (C=O) groups is 1. The Kier molecular flexibility index (Phi) is 3.73. The molecular weight excluding hydrogens is 232 g/mol. The fraction of sp³-hybridized carbons (Fsp3) is 0.286. The van der Waals surface area contributed by atoms with Gasteiger partial charge in [0.25, 0.3) is 5.91 Å². The number of nitrogens with one attached hydrogen (secondary N) is 1. The number of nitrogens with zero attached hydrogens (tertiary/aromatic N) is 2. The third-order valence-corrected chi connectivity index (χ3v) is 1.51. The first-order chi connectivity index (χ1) is 7.02. The summed E-state index contributed by atoms with van der Waals surface area (Å²) in [7, 11) is 1.32. The molecule has 0 spiro atoms. The Labute approximate surface area is 88.4 Å². The van der Waals surface area contributed by atoms with Crippen molar-refractivity contribution in [3.05, 3.63) is 11.2 Å². The van der Waals surface area contributed by atoms with Crippen molar-refractivity contribution in [1.29, 1.82) is 0 Å². The average Bonchev–Trinajstić information content (AvgIpc) is 2.16. The number of rotatable bonds is 3. The van der Waals surface area contributed by atoms with Gasteiger partial charge in [0.2, 0.25) is 11.8 Å². The van der Waals surface area contributed by atoms with E-state index in [4.69, 9.17) is 16.3 Å². The van der Waals surface area contributed by atoms with Gasteiger partial charge in [-0.05, 0) is 0 Å².